The van der Waals surface area contributed by atoms with Crippen molar-refractivity contribution in [3.63, 3.8) is 0 Å². The topological polar surface area (TPSA) is 58.4 Å². The molecule has 2 saturated heterocycles. The summed E-state index contributed by atoms with van der Waals surface area (Å²) >= 11 is 0. The maximum Gasteiger partial charge on any atom is 0.438 e. The zero-order chi connectivity index (χ0) is 23.4. The van der Waals surface area contributed by atoms with Crippen LogP contribution in [-0.4, -0.2) is 52.2 Å². The van der Waals surface area contributed by atoms with E-state index in [0.29, 0.717) is 11.8 Å². The molecule has 0 bridgehead atoms. The molecule has 1 N–H and O–H groups in total. The van der Waals surface area contributed by atoms with Crippen LogP contribution in [0.2, 0.25) is 0 Å². The van der Waals surface area contributed by atoms with E-state index in [1.54, 1.807) is 0 Å². The number of aryl methyl sites for hydroxylation is 2. The first-order valence-electron chi connectivity index (χ1n) is 11.6. The van der Waals surface area contributed by atoms with Crippen molar-refractivity contribution in [3.05, 3.63) is 57.8 Å². The van der Waals surface area contributed by atoms with Crippen molar-refractivity contribution in [1.29, 1.82) is 0 Å². The lowest BCUT2D eigenvalue weighted by molar-refractivity contribution is -0.140. The maximum atomic E-state index is 13.2. The van der Waals surface area contributed by atoms with Gasteiger partial charge >= 0.3 is 12.0 Å². The van der Waals surface area contributed by atoms with Crippen LogP contribution in [0.25, 0.3) is 15.9 Å². The highest BCUT2D eigenvalue weighted by Gasteiger charge is 2.44. The molecule has 0 saturated carbocycles. The first-order valence-corrected chi connectivity index (χ1v) is 11.6. The first-order chi connectivity index (χ1) is 16.4. The number of halogens is 3. The van der Waals surface area contributed by atoms with E-state index in [1.807, 2.05) is 0 Å². The standard InChI is InChI=1S/C25H25F3N5O/c1-14-2-4-18-15(6-14)3-5-21(33-9-16-11-34-12-17(16)10-33)20(18)8-29-23-19-7-22(25(26,27)28)32-24(19)31-13-30-23/h2,4,6-7,13,16-17,20-21H,3,5,9-12H2,1H3,(H,30,31,32)/q+1/t16-,17+,20?,21-/m0/s1. The fraction of sp³-hybridized carbons (Fsp3) is 0.480. The zero-order valence-corrected chi connectivity index (χ0v) is 18.8. The van der Waals surface area contributed by atoms with Crippen LogP contribution in [0, 0.1) is 24.8 Å². The minimum Gasteiger partial charge on any atom is -0.381 e. The van der Waals surface area contributed by atoms with Gasteiger partial charge in [-0.1, -0.05) is 23.8 Å². The van der Waals surface area contributed by atoms with Gasteiger partial charge in [-0.15, -0.1) is 0 Å². The van der Waals surface area contributed by atoms with Crippen molar-refractivity contribution in [1.82, 2.24) is 19.9 Å². The SMILES string of the molecule is Cc1ccc2c(c1)CC[C@H](N1C[C@H]3COC[C@H]3C1)C2C#[N+]c1ncnc2[nH]c(C(F)(F)F)cc12. The molecule has 4 atom stereocenters. The Morgan fingerprint density at radius 2 is 1.94 bits per heavy atom. The molecule has 3 aromatic rings. The summed E-state index contributed by atoms with van der Waals surface area (Å²) in [5.41, 5.74) is 2.95. The van der Waals surface area contributed by atoms with Crippen molar-refractivity contribution < 1.29 is 17.9 Å². The average Bonchev–Trinajstić information content (AvgIpc) is 3.51. The number of rotatable bonds is 1. The highest BCUT2D eigenvalue weighted by Crippen LogP contribution is 2.40. The molecule has 176 valence electrons. The van der Waals surface area contributed by atoms with Gasteiger partial charge in [-0.25, -0.2) is 0 Å². The lowest BCUT2D eigenvalue weighted by Crippen LogP contribution is -2.41. The molecule has 1 aliphatic carbocycles. The molecule has 34 heavy (non-hydrogen) atoms. The number of H-pyrrole nitrogens is 1. The Morgan fingerprint density at radius 3 is 2.71 bits per heavy atom. The molecule has 2 aliphatic heterocycles. The Morgan fingerprint density at radius 1 is 1.15 bits per heavy atom. The molecule has 2 fully saturated rings. The third-order valence-electron chi connectivity index (χ3n) is 7.48. The molecule has 0 amide bonds. The highest BCUT2D eigenvalue weighted by atomic mass is 19.4. The van der Waals surface area contributed by atoms with Crippen LogP contribution in [0.5, 0.6) is 0 Å². The highest BCUT2D eigenvalue weighted by molar-refractivity contribution is 5.88. The summed E-state index contributed by atoms with van der Waals surface area (Å²) in [6.07, 6.45) is -1.27. The van der Waals surface area contributed by atoms with E-state index < -0.39 is 11.9 Å². The van der Waals surface area contributed by atoms with Crippen molar-refractivity contribution in [2.45, 2.75) is 37.9 Å². The van der Waals surface area contributed by atoms with Crippen LogP contribution in [0.3, 0.4) is 0 Å². The predicted octanol–water partition coefficient (Wildman–Crippen LogP) is 4.93. The van der Waals surface area contributed by atoms with E-state index in [1.165, 1.54) is 23.0 Å². The molecular weight excluding hydrogens is 443 g/mol. The Kier molecular flexibility index (Phi) is 5.12. The number of aromatic amines is 1. The number of aromatic nitrogens is 3. The molecule has 0 spiro atoms. The van der Waals surface area contributed by atoms with E-state index in [0.717, 1.165) is 45.2 Å². The Labute approximate surface area is 195 Å². The number of hydrogen-bond acceptors (Lipinski definition) is 4. The van der Waals surface area contributed by atoms with Crippen molar-refractivity contribution in [2.75, 3.05) is 26.3 Å². The van der Waals surface area contributed by atoms with Gasteiger partial charge in [0.2, 0.25) is 6.33 Å². The van der Waals surface area contributed by atoms with Gasteiger partial charge in [-0.05, 0) is 41.9 Å². The molecule has 1 unspecified atom stereocenters. The van der Waals surface area contributed by atoms with E-state index in [4.69, 9.17) is 4.74 Å². The van der Waals surface area contributed by atoms with Gasteiger partial charge in [0, 0.05) is 31.0 Å². The van der Waals surface area contributed by atoms with Gasteiger partial charge in [0.05, 0.1) is 13.2 Å². The van der Waals surface area contributed by atoms with Gasteiger partial charge in [-0.2, -0.15) is 23.0 Å². The molecular formula is C25H25F3N5O+. The molecule has 3 aliphatic rings. The van der Waals surface area contributed by atoms with Gasteiger partial charge in [0.15, 0.2) is 11.7 Å². The van der Waals surface area contributed by atoms with Crippen molar-refractivity contribution >= 4 is 16.9 Å². The molecule has 2 aromatic heterocycles. The second-order valence-corrected chi connectivity index (χ2v) is 9.68. The lowest BCUT2D eigenvalue weighted by Gasteiger charge is -2.36. The zero-order valence-electron chi connectivity index (χ0n) is 18.8. The van der Waals surface area contributed by atoms with Crippen LogP contribution in [0.4, 0.5) is 19.0 Å². The minimum atomic E-state index is -4.49. The number of alkyl halides is 3. The summed E-state index contributed by atoms with van der Waals surface area (Å²) in [6, 6.07) is 11.0. The quantitative estimate of drug-likeness (QED) is 0.551. The van der Waals surface area contributed by atoms with E-state index in [9.17, 15) is 13.2 Å². The lowest BCUT2D eigenvalue weighted by atomic mass is 9.78. The summed E-state index contributed by atoms with van der Waals surface area (Å²) in [4.78, 5) is 17.5. The Balaban J connectivity index is 1.39. The van der Waals surface area contributed by atoms with Crippen molar-refractivity contribution in [3.8, 4) is 6.07 Å². The van der Waals surface area contributed by atoms with Gasteiger partial charge in [0.1, 0.15) is 17.0 Å². The maximum absolute atomic E-state index is 13.2. The third kappa shape index (κ3) is 3.75. The summed E-state index contributed by atoms with van der Waals surface area (Å²) in [7, 11) is 0. The van der Waals surface area contributed by atoms with E-state index in [-0.39, 0.29) is 28.8 Å². The summed E-state index contributed by atoms with van der Waals surface area (Å²) < 4.78 is 45.3. The molecule has 1 aromatic carbocycles. The number of ether oxygens (including phenoxy) is 1. The fourth-order valence-electron chi connectivity index (χ4n) is 5.77. The van der Waals surface area contributed by atoms with E-state index >= 15 is 0 Å². The van der Waals surface area contributed by atoms with Crippen LogP contribution in [-0.2, 0) is 17.3 Å². The minimum absolute atomic E-state index is 0.0878. The summed E-state index contributed by atoms with van der Waals surface area (Å²) in [5, 5.41) is 0.242. The number of fused-ring (bicyclic) bond motifs is 3. The van der Waals surface area contributed by atoms with Gasteiger partial charge < -0.3 is 9.72 Å². The largest absolute Gasteiger partial charge is 0.438 e. The van der Waals surface area contributed by atoms with Crippen LogP contribution in [0.15, 0.2) is 30.6 Å². The number of benzene rings is 1. The predicted molar refractivity (Wildman–Crippen MR) is 121 cm³/mol. The van der Waals surface area contributed by atoms with Gasteiger partial charge in [-0.3, -0.25) is 4.90 Å². The Hall–Kier alpha value is -2.96. The molecule has 4 heterocycles. The normalized spacial score (nSPS) is 26.8. The summed E-state index contributed by atoms with van der Waals surface area (Å²) in [6.45, 7) is 5.72. The molecule has 6 nitrogen and oxygen atoms in total. The number of nitrogens with zero attached hydrogens (tertiary/aromatic N) is 4. The number of nitrogens with one attached hydrogen (secondary N) is 1. The van der Waals surface area contributed by atoms with Crippen LogP contribution < -0.4 is 0 Å². The second-order valence-electron chi connectivity index (χ2n) is 9.68. The monoisotopic (exact) mass is 468 g/mol. The molecule has 9 heteroatoms. The smallest absolute Gasteiger partial charge is 0.381 e. The average molecular weight is 469 g/mol. The molecule has 6 rings (SSSR count). The van der Waals surface area contributed by atoms with Crippen LogP contribution in [0.1, 0.15) is 34.7 Å². The third-order valence-corrected chi connectivity index (χ3v) is 7.48. The first kappa shape index (κ1) is 21.6. The van der Waals surface area contributed by atoms with E-state index in [2.05, 4.69) is 55.9 Å². The Bertz CT molecular complexity index is 1300. The number of hydrogen-bond donors (Lipinski definition) is 1. The summed E-state index contributed by atoms with van der Waals surface area (Å²) in [5.74, 6) is 1.25. The van der Waals surface area contributed by atoms with Crippen LogP contribution >= 0.6 is 0 Å². The fourth-order valence-corrected chi connectivity index (χ4v) is 5.77. The van der Waals surface area contributed by atoms with Gasteiger partial charge in [0.25, 0.3) is 0 Å². The van der Waals surface area contributed by atoms with Crippen molar-refractivity contribution in [2.24, 2.45) is 11.8 Å². The second kappa shape index (κ2) is 8.07. The number of likely N-dealkylation sites (tertiary alicyclic amines) is 1. The molecule has 0 radical (unpaired) electrons.